The van der Waals surface area contributed by atoms with Crippen LogP contribution in [0.25, 0.3) is 0 Å². The Kier molecular flexibility index (Phi) is 6.93. The normalized spacial score (nSPS) is 25.3. The summed E-state index contributed by atoms with van der Waals surface area (Å²) < 4.78 is 19.1. The first-order valence-electron chi connectivity index (χ1n) is 13.2. The summed E-state index contributed by atoms with van der Waals surface area (Å²) in [6, 6.07) is 14.4. The van der Waals surface area contributed by atoms with Gasteiger partial charge >= 0.3 is 5.97 Å². The van der Waals surface area contributed by atoms with Gasteiger partial charge in [0.2, 0.25) is 0 Å². The van der Waals surface area contributed by atoms with Gasteiger partial charge < -0.3 is 19.3 Å². The molecule has 0 bridgehead atoms. The summed E-state index contributed by atoms with van der Waals surface area (Å²) in [5.41, 5.74) is 3.02. The average molecular weight is 495 g/mol. The molecule has 196 valence electrons. The van der Waals surface area contributed by atoms with Crippen LogP contribution in [-0.2, 0) is 20.4 Å². The van der Waals surface area contributed by atoms with E-state index in [1.54, 1.807) is 0 Å². The Hall–Kier alpha value is -2.53. The van der Waals surface area contributed by atoms with Crippen LogP contribution in [0.4, 0.5) is 0 Å². The number of aliphatic carboxylic acids is 1. The Morgan fingerprint density at radius 1 is 1.06 bits per heavy atom. The van der Waals surface area contributed by atoms with E-state index in [1.165, 1.54) is 11.1 Å². The van der Waals surface area contributed by atoms with E-state index in [9.17, 15) is 9.90 Å². The quantitative estimate of drug-likeness (QED) is 0.465. The van der Waals surface area contributed by atoms with Gasteiger partial charge in [-0.25, -0.2) is 0 Å². The summed E-state index contributed by atoms with van der Waals surface area (Å²) in [4.78, 5) is 12.3. The molecule has 2 aromatic carbocycles. The van der Waals surface area contributed by atoms with E-state index in [4.69, 9.17) is 14.2 Å². The average Bonchev–Trinajstić information content (AvgIpc) is 2.81. The van der Waals surface area contributed by atoms with Gasteiger partial charge in [0.25, 0.3) is 0 Å². The number of carboxylic acids is 1. The number of fused-ring (bicyclic) bond motifs is 3. The number of hydrogen-bond donors (Lipinski definition) is 1. The van der Waals surface area contributed by atoms with E-state index < -0.39 is 23.6 Å². The minimum atomic E-state index is -0.854. The molecule has 0 spiro atoms. The largest absolute Gasteiger partial charge is 0.491 e. The van der Waals surface area contributed by atoms with Crippen LogP contribution in [0.1, 0.15) is 91.0 Å². The van der Waals surface area contributed by atoms with Crippen LogP contribution in [0.2, 0.25) is 0 Å². The monoisotopic (exact) mass is 494 g/mol. The number of ether oxygens (including phenoxy) is 3. The molecule has 2 aromatic rings. The van der Waals surface area contributed by atoms with Crippen molar-refractivity contribution in [2.24, 2.45) is 11.8 Å². The fraction of sp³-hybridized carbons (Fsp3) is 0.581. The van der Waals surface area contributed by atoms with Crippen LogP contribution in [0.15, 0.2) is 42.5 Å². The zero-order valence-electron chi connectivity index (χ0n) is 23.1. The van der Waals surface area contributed by atoms with E-state index in [0.29, 0.717) is 6.42 Å². The van der Waals surface area contributed by atoms with Crippen molar-refractivity contribution >= 4 is 5.97 Å². The highest BCUT2D eigenvalue weighted by Crippen LogP contribution is 2.52. The number of benzene rings is 2. The lowest BCUT2D eigenvalue weighted by Crippen LogP contribution is -2.53. The van der Waals surface area contributed by atoms with Gasteiger partial charge in [0, 0.05) is 11.5 Å². The van der Waals surface area contributed by atoms with Crippen molar-refractivity contribution in [3.05, 3.63) is 59.2 Å². The highest BCUT2D eigenvalue weighted by atomic mass is 16.6. The maximum atomic E-state index is 12.3. The van der Waals surface area contributed by atoms with Crippen molar-refractivity contribution < 1.29 is 24.1 Å². The Morgan fingerprint density at radius 2 is 1.69 bits per heavy atom. The molecule has 1 N–H and O–H groups in total. The molecule has 1 fully saturated rings. The van der Waals surface area contributed by atoms with Gasteiger partial charge in [0.15, 0.2) is 0 Å². The third kappa shape index (κ3) is 5.13. The second kappa shape index (κ2) is 9.41. The highest BCUT2D eigenvalue weighted by Gasteiger charge is 2.52. The number of rotatable bonds is 6. The predicted molar refractivity (Wildman–Crippen MR) is 142 cm³/mol. The van der Waals surface area contributed by atoms with Crippen molar-refractivity contribution in [2.45, 2.75) is 96.9 Å². The predicted octanol–water partition coefficient (Wildman–Crippen LogP) is 7.07. The Bertz CT molecular complexity index is 1090. The molecule has 4 rings (SSSR count). The van der Waals surface area contributed by atoms with E-state index in [1.807, 2.05) is 26.0 Å². The molecule has 2 aliphatic rings. The topological polar surface area (TPSA) is 65.0 Å². The second-order valence-electron chi connectivity index (χ2n) is 12.7. The van der Waals surface area contributed by atoms with Crippen molar-refractivity contribution in [1.82, 2.24) is 0 Å². The molecule has 0 saturated carbocycles. The van der Waals surface area contributed by atoms with Gasteiger partial charge in [0.1, 0.15) is 29.8 Å². The second-order valence-corrected chi connectivity index (χ2v) is 12.7. The third-order valence-electron chi connectivity index (χ3n) is 8.34. The fourth-order valence-corrected chi connectivity index (χ4v) is 5.36. The first kappa shape index (κ1) is 26.5. The molecule has 0 unspecified atom stereocenters. The van der Waals surface area contributed by atoms with E-state index >= 15 is 0 Å². The zero-order chi connectivity index (χ0) is 26.5. The molecule has 0 aromatic heterocycles. The number of hydrogen-bond acceptors (Lipinski definition) is 4. The maximum Gasteiger partial charge on any atom is 0.309 e. The minimum Gasteiger partial charge on any atom is -0.491 e. The van der Waals surface area contributed by atoms with Crippen molar-refractivity contribution in [3.8, 4) is 11.5 Å². The third-order valence-corrected chi connectivity index (χ3v) is 8.34. The summed E-state index contributed by atoms with van der Waals surface area (Å²) in [5, 5.41) is 10.1. The smallest absolute Gasteiger partial charge is 0.309 e. The molecular formula is C31H42O5. The van der Waals surface area contributed by atoms with E-state index in [-0.39, 0.29) is 29.5 Å². The lowest BCUT2D eigenvalue weighted by Gasteiger charge is -2.50. The van der Waals surface area contributed by atoms with Gasteiger partial charge in [0.05, 0.1) is 12.0 Å². The standard InChI is InChI=1S/C31H42O5/c1-9-30(5,6)20-12-15-25-22(16-20)27-24(31(7,8)36-25)17-23(28(32)33)26(35-27)18-34-21-13-10-19(11-14-21)29(2,3)4/h10-16,23-24,26-27H,9,17-18H2,1-8H3,(H,32,33)/t23-,24-,26-,27+/m0/s1. The van der Waals surface area contributed by atoms with E-state index in [0.717, 1.165) is 23.5 Å². The molecule has 0 radical (unpaired) electrons. The van der Waals surface area contributed by atoms with Crippen LogP contribution >= 0.6 is 0 Å². The van der Waals surface area contributed by atoms with Gasteiger partial charge in [-0.3, -0.25) is 4.79 Å². The number of carbonyl (C=O) groups is 1. The van der Waals surface area contributed by atoms with Gasteiger partial charge in [-0.05, 0) is 72.9 Å². The lowest BCUT2D eigenvalue weighted by molar-refractivity contribution is -0.192. The molecule has 36 heavy (non-hydrogen) atoms. The van der Waals surface area contributed by atoms with Crippen LogP contribution < -0.4 is 9.47 Å². The molecule has 4 atom stereocenters. The van der Waals surface area contributed by atoms with Crippen LogP contribution in [0.5, 0.6) is 11.5 Å². The molecule has 2 heterocycles. The van der Waals surface area contributed by atoms with Crippen LogP contribution in [0.3, 0.4) is 0 Å². The summed E-state index contributed by atoms with van der Waals surface area (Å²) >= 11 is 0. The SMILES string of the molecule is CCC(C)(C)c1ccc2c(c1)[C@H]1O[C@@H](COc3ccc(C(C)(C)C)cc3)[C@@H](C(=O)O)C[C@@H]1C(C)(C)O2. The van der Waals surface area contributed by atoms with E-state index in [2.05, 4.69) is 71.9 Å². The Morgan fingerprint density at radius 3 is 2.28 bits per heavy atom. The molecule has 0 aliphatic carbocycles. The summed E-state index contributed by atoms with van der Waals surface area (Å²) in [5.74, 6) is -0.0542. The van der Waals surface area contributed by atoms with Crippen LogP contribution in [0, 0.1) is 11.8 Å². The van der Waals surface area contributed by atoms with Gasteiger partial charge in [-0.2, -0.15) is 0 Å². The first-order valence-corrected chi connectivity index (χ1v) is 13.2. The molecule has 5 heteroatoms. The molecular weight excluding hydrogens is 452 g/mol. The van der Waals surface area contributed by atoms with Crippen molar-refractivity contribution in [3.63, 3.8) is 0 Å². The summed E-state index contributed by atoms with van der Waals surface area (Å²) in [6.45, 7) is 17.4. The van der Waals surface area contributed by atoms with Crippen molar-refractivity contribution in [2.75, 3.05) is 6.61 Å². The minimum absolute atomic E-state index is 0.0253. The van der Waals surface area contributed by atoms with Gasteiger partial charge in [-0.1, -0.05) is 59.7 Å². The molecule has 0 amide bonds. The Balaban J connectivity index is 1.62. The summed E-state index contributed by atoms with van der Waals surface area (Å²) in [7, 11) is 0. The molecule has 1 saturated heterocycles. The molecule has 2 aliphatic heterocycles. The van der Waals surface area contributed by atoms with Gasteiger partial charge in [-0.15, -0.1) is 0 Å². The number of carboxylic acid groups (broad SMARTS) is 1. The fourth-order valence-electron chi connectivity index (χ4n) is 5.36. The first-order chi connectivity index (χ1) is 16.7. The maximum absolute atomic E-state index is 12.3. The zero-order valence-corrected chi connectivity index (χ0v) is 23.1. The van der Waals surface area contributed by atoms with Crippen molar-refractivity contribution in [1.29, 1.82) is 0 Å². The lowest BCUT2D eigenvalue weighted by atomic mass is 9.71. The summed E-state index contributed by atoms with van der Waals surface area (Å²) in [6.07, 6.45) is 0.683. The van der Waals surface area contributed by atoms with Crippen LogP contribution in [-0.4, -0.2) is 29.4 Å². The Labute approximate surface area is 216 Å². The highest BCUT2D eigenvalue weighted by molar-refractivity contribution is 5.71. The molecule has 5 nitrogen and oxygen atoms in total.